The summed E-state index contributed by atoms with van der Waals surface area (Å²) in [5.74, 6) is 0. The fourth-order valence-electron chi connectivity index (χ4n) is 1.50. The molecule has 0 heterocycles. The first-order valence-corrected chi connectivity index (χ1v) is 6.29. The lowest BCUT2D eigenvalue weighted by Crippen LogP contribution is -2.39. The minimum atomic E-state index is -0.664. The van der Waals surface area contributed by atoms with Crippen molar-refractivity contribution in [1.82, 2.24) is 5.32 Å². The third kappa shape index (κ3) is 4.95. The second-order valence-corrected chi connectivity index (χ2v) is 5.33. The number of aliphatic hydroxyl groups is 1. The SMILES string of the molecule is CCNCC(C)(O)Cc1ccc(I)cc1. The third-order valence-electron chi connectivity index (χ3n) is 2.25. The lowest BCUT2D eigenvalue weighted by molar-refractivity contribution is 0.0607. The first-order chi connectivity index (χ1) is 7.03. The summed E-state index contributed by atoms with van der Waals surface area (Å²) in [6.07, 6.45) is 0.691. The second kappa shape index (κ2) is 5.82. The molecule has 0 radical (unpaired) electrons. The van der Waals surface area contributed by atoms with Crippen molar-refractivity contribution in [2.75, 3.05) is 13.1 Å². The number of rotatable bonds is 5. The predicted octanol–water partition coefficient (Wildman–Crippen LogP) is 2.19. The van der Waals surface area contributed by atoms with Crippen LogP contribution in [-0.2, 0) is 6.42 Å². The highest BCUT2D eigenvalue weighted by atomic mass is 127. The van der Waals surface area contributed by atoms with E-state index in [1.807, 2.05) is 13.8 Å². The van der Waals surface area contributed by atoms with Gasteiger partial charge in [0.2, 0.25) is 0 Å². The highest BCUT2D eigenvalue weighted by Gasteiger charge is 2.19. The molecule has 2 nitrogen and oxygen atoms in total. The Morgan fingerprint density at radius 2 is 1.93 bits per heavy atom. The van der Waals surface area contributed by atoms with Gasteiger partial charge in [-0.25, -0.2) is 0 Å². The standard InChI is InChI=1S/C12H18INO/c1-3-14-9-12(2,15)8-10-4-6-11(13)7-5-10/h4-7,14-15H,3,8-9H2,1-2H3. The summed E-state index contributed by atoms with van der Waals surface area (Å²) in [7, 11) is 0. The Hall–Kier alpha value is -0.130. The maximum absolute atomic E-state index is 10.1. The van der Waals surface area contributed by atoms with E-state index in [4.69, 9.17) is 0 Å². The van der Waals surface area contributed by atoms with Gasteiger partial charge in [0.25, 0.3) is 0 Å². The number of likely N-dealkylation sites (N-methyl/N-ethyl adjacent to an activating group) is 1. The predicted molar refractivity (Wildman–Crippen MR) is 72.0 cm³/mol. The lowest BCUT2D eigenvalue weighted by Gasteiger charge is -2.23. The molecule has 0 aromatic heterocycles. The number of nitrogens with one attached hydrogen (secondary N) is 1. The van der Waals surface area contributed by atoms with Crippen molar-refractivity contribution >= 4 is 22.6 Å². The number of hydrogen-bond acceptors (Lipinski definition) is 2. The first kappa shape index (κ1) is 12.9. The van der Waals surface area contributed by atoms with E-state index in [2.05, 4.69) is 52.2 Å². The Balaban J connectivity index is 2.56. The van der Waals surface area contributed by atoms with E-state index in [1.165, 1.54) is 9.13 Å². The zero-order chi connectivity index (χ0) is 11.3. The number of benzene rings is 1. The van der Waals surface area contributed by atoms with Crippen molar-refractivity contribution in [2.45, 2.75) is 25.9 Å². The fourth-order valence-corrected chi connectivity index (χ4v) is 1.86. The van der Waals surface area contributed by atoms with Gasteiger partial charge in [0.05, 0.1) is 5.60 Å². The van der Waals surface area contributed by atoms with Crippen LogP contribution in [0.15, 0.2) is 24.3 Å². The van der Waals surface area contributed by atoms with Gasteiger partial charge in [0.15, 0.2) is 0 Å². The number of halogens is 1. The maximum Gasteiger partial charge on any atom is 0.0783 e. The molecule has 0 amide bonds. The van der Waals surface area contributed by atoms with Gasteiger partial charge < -0.3 is 10.4 Å². The van der Waals surface area contributed by atoms with Crippen molar-refractivity contribution in [3.63, 3.8) is 0 Å². The van der Waals surface area contributed by atoms with Crippen LogP contribution in [0.25, 0.3) is 0 Å². The Labute approximate surface area is 105 Å². The fraction of sp³-hybridized carbons (Fsp3) is 0.500. The van der Waals surface area contributed by atoms with Crippen LogP contribution in [0.3, 0.4) is 0 Å². The highest BCUT2D eigenvalue weighted by Crippen LogP contribution is 2.14. The van der Waals surface area contributed by atoms with Gasteiger partial charge in [-0.05, 0) is 53.8 Å². The lowest BCUT2D eigenvalue weighted by atomic mass is 9.96. The van der Waals surface area contributed by atoms with E-state index in [1.54, 1.807) is 0 Å². The molecular formula is C12H18INO. The Kier molecular flexibility index (Phi) is 5.02. The molecule has 84 valence electrons. The van der Waals surface area contributed by atoms with Crippen molar-refractivity contribution in [3.05, 3.63) is 33.4 Å². The van der Waals surface area contributed by atoms with E-state index in [9.17, 15) is 5.11 Å². The highest BCUT2D eigenvalue weighted by molar-refractivity contribution is 14.1. The molecule has 1 unspecified atom stereocenters. The van der Waals surface area contributed by atoms with E-state index in [0.29, 0.717) is 13.0 Å². The van der Waals surface area contributed by atoms with Gasteiger partial charge in [0, 0.05) is 16.5 Å². The van der Waals surface area contributed by atoms with E-state index >= 15 is 0 Å². The molecule has 0 bridgehead atoms. The van der Waals surface area contributed by atoms with E-state index in [-0.39, 0.29) is 0 Å². The van der Waals surface area contributed by atoms with Crippen LogP contribution in [0.2, 0.25) is 0 Å². The molecular weight excluding hydrogens is 301 g/mol. The van der Waals surface area contributed by atoms with Gasteiger partial charge in [-0.2, -0.15) is 0 Å². The summed E-state index contributed by atoms with van der Waals surface area (Å²) in [5.41, 5.74) is 0.515. The first-order valence-electron chi connectivity index (χ1n) is 5.21. The molecule has 1 rings (SSSR count). The van der Waals surface area contributed by atoms with Gasteiger partial charge >= 0.3 is 0 Å². The minimum absolute atomic E-state index is 0.634. The normalized spacial score (nSPS) is 14.9. The monoisotopic (exact) mass is 319 g/mol. The molecule has 0 aliphatic carbocycles. The van der Waals surface area contributed by atoms with Crippen LogP contribution in [0.1, 0.15) is 19.4 Å². The van der Waals surface area contributed by atoms with Crippen LogP contribution >= 0.6 is 22.6 Å². The van der Waals surface area contributed by atoms with Gasteiger partial charge in [-0.1, -0.05) is 19.1 Å². The molecule has 15 heavy (non-hydrogen) atoms. The van der Waals surface area contributed by atoms with Crippen molar-refractivity contribution in [3.8, 4) is 0 Å². The van der Waals surface area contributed by atoms with Crippen LogP contribution in [0, 0.1) is 3.57 Å². The maximum atomic E-state index is 10.1. The summed E-state index contributed by atoms with van der Waals surface area (Å²) < 4.78 is 1.22. The molecule has 1 aromatic carbocycles. The zero-order valence-corrected chi connectivity index (χ0v) is 11.4. The van der Waals surface area contributed by atoms with Crippen LogP contribution in [0.4, 0.5) is 0 Å². The van der Waals surface area contributed by atoms with Crippen molar-refractivity contribution < 1.29 is 5.11 Å². The van der Waals surface area contributed by atoms with E-state index < -0.39 is 5.60 Å². The zero-order valence-electron chi connectivity index (χ0n) is 9.26. The molecule has 1 aromatic rings. The van der Waals surface area contributed by atoms with Gasteiger partial charge in [0.1, 0.15) is 0 Å². The summed E-state index contributed by atoms with van der Waals surface area (Å²) in [5, 5.41) is 13.3. The topological polar surface area (TPSA) is 32.3 Å². The van der Waals surface area contributed by atoms with Crippen molar-refractivity contribution in [2.24, 2.45) is 0 Å². The average Bonchev–Trinajstić information content (AvgIpc) is 2.18. The van der Waals surface area contributed by atoms with Crippen LogP contribution in [-0.4, -0.2) is 23.8 Å². The van der Waals surface area contributed by atoms with Crippen LogP contribution < -0.4 is 5.32 Å². The van der Waals surface area contributed by atoms with Gasteiger partial charge in [-0.3, -0.25) is 0 Å². The molecule has 3 heteroatoms. The van der Waals surface area contributed by atoms with E-state index in [0.717, 1.165) is 6.54 Å². The summed E-state index contributed by atoms with van der Waals surface area (Å²) in [6, 6.07) is 8.28. The van der Waals surface area contributed by atoms with Crippen molar-refractivity contribution in [1.29, 1.82) is 0 Å². The molecule has 2 N–H and O–H groups in total. The Bertz CT molecular complexity index is 295. The quantitative estimate of drug-likeness (QED) is 0.816. The number of hydrogen-bond donors (Lipinski definition) is 2. The minimum Gasteiger partial charge on any atom is -0.389 e. The van der Waals surface area contributed by atoms with Crippen LogP contribution in [0.5, 0.6) is 0 Å². The molecule has 0 saturated carbocycles. The summed E-state index contributed by atoms with van der Waals surface area (Å²) in [6.45, 7) is 5.44. The molecule has 0 aliphatic heterocycles. The third-order valence-corrected chi connectivity index (χ3v) is 2.97. The van der Waals surface area contributed by atoms with Gasteiger partial charge in [-0.15, -0.1) is 0 Å². The average molecular weight is 319 g/mol. The molecule has 1 atom stereocenters. The Morgan fingerprint density at radius 3 is 2.47 bits per heavy atom. The molecule has 0 saturated heterocycles. The molecule has 0 spiro atoms. The smallest absolute Gasteiger partial charge is 0.0783 e. The summed E-state index contributed by atoms with van der Waals surface area (Å²) in [4.78, 5) is 0. The summed E-state index contributed by atoms with van der Waals surface area (Å²) >= 11 is 2.28. The Morgan fingerprint density at radius 1 is 1.33 bits per heavy atom. The molecule has 0 aliphatic rings. The largest absolute Gasteiger partial charge is 0.389 e. The second-order valence-electron chi connectivity index (χ2n) is 4.08. The molecule has 0 fully saturated rings.